The van der Waals surface area contributed by atoms with Crippen LogP contribution in [0.3, 0.4) is 0 Å². The molecule has 4 aromatic rings. The maximum absolute atomic E-state index is 14.4. The first-order chi connectivity index (χ1) is 16.0. The maximum atomic E-state index is 14.4. The number of benzene rings is 2. The first-order valence-corrected chi connectivity index (χ1v) is 10.1. The Labute approximate surface area is 189 Å². The average molecular weight is 446 g/mol. The van der Waals surface area contributed by atoms with E-state index in [1.807, 2.05) is 0 Å². The molecule has 2 aromatic heterocycles. The van der Waals surface area contributed by atoms with E-state index in [0.717, 1.165) is 0 Å². The van der Waals surface area contributed by atoms with E-state index in [1.165, 1.54) is 42.6 Å². The van der Waals surface area contributed by atoms with Crippen LogP contribution in [0.15, 0.2) is 85.5 Å². The lowest BCUT2D eigenvalue weighted by molar-refractivity contribution is -0.117. The molecule has 1 atom stereocenters. The van der Waals surface area contributed by atoms with Crippen LogP contribution in [0, 0.1) is 11.6 Å². The van der Waals surface area contributed by atoms with E-state index in [9.17, 15) is 13.6 Å². The van der Waals surface area contributed by atoms with Gasteiger partial charge in [0.1, 0.15) is 23.4 Å². The number of hydrogen-bond acceptors (Lipinski definition) is 4. The number of aryl methyl sites for hydroxylation is 1. The smallest absolute Gasteiger partial charge is 0.244 e. The van der Waals surface area contributed by atoms with Crippen LogP contribution in [0.1, 0.15) is 23.0 Å². The number of pyridine rings is 1. The second-order valence-electron chi connectivity index (χ2n) is 7.21. The fourth-order valence-electron chi connectivity index (χ4n) is 3.24. The normalized spacial score (nSPS) is 12.0. The molecule has 0 saturated carbocycles. The zero-order valence-electron chi connectivity index (χ0n) is 17.7. The third-order valence-corrected chi connectivity index (χ3v) is 4.83. The van der Waals surface area contributed by atoms with Gasteiger partial charge in [0.25, 0.3) is 0 Å². The fourth-order valence-corrected chi connectivity index (χ4v) is 3.24. The summed E-state index contributed by atoms with van der Waals surface area (Å²) in [5.74, 6) is -0.427. The van der Waals surface area contributed by atoms with E-state index < -0.39 is 23.6 Å². The number of ether oxygens (including phenoxy) is 1. The molecule has 0 spiro atoms. The summed E-state index contributed by atoms with van der Waals surface area (Å²) in [5.41, 5.74) is 1.02. The van der Waals surface area contributed by atoms with Gasteiger partial charge in [-0.25, -0.2) is 13.8 Å². The third-order valence-electron chi connectivity index (χ3n) is 4.83. The van der Waals surface area contributed by atoms with Crippen LogP contribution < -0.4 is 10.1 Å². The van der Waals surface area contributed by atoms with Crippen LogP contribution in [-0.2, 0) is 11.8 Å². The van der Waals surface area contributed by atoms with Crippen LogP contribution in [0.4, 0.5) is 8.78 Å². The standard InChI is InChI=1S/C25H20F2N4O2/c1-31-13-12-29-25(31)24(18-4-2-5-19(26)15-18)30-23(32)10-8-17-7-9-22(21(27)14-17)33-20-6-3-11-28-16-20/h2-16,24H,1H3,(H,30,32)/b10-8+. The number of nitrogens with zero attached hydrogens (tertiary/aromatic N) is 3. The highest BCUT2D eigenvalue weighted by Gasteiger charge is 2.20. The molecular weight excluding hydrogens is 426 g/mol. The summed E-state index contributed by atoms with van der Waals surface area (Å²) in [7, 11) is 1.79. The van der Waals surface area contributed by atoms with Crippen LogP contribution in [0.5, 0.6) is 11.5 Å². The Morgan fingerprint density at radius 3 is 2.70 bits per heavy atom. The number of carbonyl (C=O) groups excluding carboxylic acids is 1. The van der Waals surface area contributed by atoms with Crippen molar-refractivity contribution in [2.24, 2.45) is 7.05 Å². The maximum Gasteiger partial charge on any atom is 0.244 e. The number of amides is 1. The molecule has 1 amide bonds. The van der Waals surface area contributed by atoms with Crippen LogP contribution in [0.2, 0.25) is 0 Å². The minimum Gasteiger partial charge on any atom is -0.453 e. The number of nitrogens with one attached hydrogen (secondary N) is 1. The Morgan fingerprint density at radius 1 is 1.12 bits per heavy atom. The highest BCUT2D eigenvalue weighted by Crippen LogP contribution is 2.25. The molecule has 0 saturated heterocycles. The molecule has 0 bridgehead atoms. The molecule has 33 heavy (non-hydrogen) atoms. The van der Waals surface area contributed by atoms with Crippen molar-refractivity contribution in [3.8, 4) is 11.5 Å². The van der Waals surface area contributed by atoms with Gasteiger partial charge >= 0.3 is 0 Å². The number of imidazole rings is 1. The van der Waals surface area contributed by atoms with Gasteiger partial charge in [0.2, 0.25) is 5.91 Å². The molecule has 1 N–H and O–H groups in total. The monoisotopic (exact) mass is 446 g/mol. The molecule has 6 nitrogen and oxygen atoms in total. The molecule has 0 fully saturated rings. The summed E-state index contributed by atoms with van der Waals surface area (Å²) in [6, 6.07) is 13.0. The van der Waals surface area contributed by atoms with E-state index in [-0.39, 0.29) is 5.75 Å². The van der Waals surface area contributed by atoms with Crippen LogP contribution in [0.25, 0.3) is 6.08 Å². The molecule has 2 heterocycles. The zero-order valence-corrected chi connectivity index (χ0v) is 17.7. The lowest BCUT2D eigenvalue weighted by Crippen LogP contribution is -2.29. The predicted molar refractivity (Wildman–Crippen MR) is 119 cm³/mol. The minimum absolute atomic E-state index is 0.0468. The van der Waals surface area contributed by atoms with Gasteiger partial charge in [-0.3, -0.25) is 9.78 Å². The first kappa shape index (κ1) is 21.9. The topological polar surface area (TPSA) is 69.0 Å². The first-order valence-electron chi connectivity index (χ1n) is 10.1. The SMILES string of the molecule is Cn1ccnc1C(NC(=O)/C=C/c1ccc(Oc2cccnc2)c(F)c1)c1cccc(F)c1. The molecule has 0 aliphatic carbocycles. The Balaban J connectivity index is 1.49. The lowest BCUT2D eigenvalue weighted by atomic mass is 10.1. The second kappa shape index (κ2) is 9.86. The number of halogens is 2. The summed E-state index contributed by atoms with van der Waals surface area (Å²) in [6.45, 7) is 0. The molecule has 8 heteroatoms. The number of hydrogen-bond donors (Lipinski definition) is 1. The van der Waals surface area contributed by atoms with Crippen molar-refractivity contribution in [2.75, 3.05) is 0 Å². The highest BCUT2D eigenvalue weighted by molar-refractivity contribution is 5.92. The van der Waals surface area contributed by atoms with Gasteiger partial charge in [0.15, 0.2) is 11.6 Å². The number of rotatable bonds is 7. The van der Waals surface area contributed by atoms with Gasteiger partial charge in [-0.2, -0.15) is 0 Å². The lowest BCUT2D eigenvalue weighted by Gasteiger charge is -2.18. The largest absolute Gasteiger partial charge is 0.453 e. The summed E-state index contributed by atoms with van der Waals surface area (Å²) in [6.07, 6.45) is 9.17. The van der Waals surface area contributed by atoms with Gasteiger partial charge in [0.05, 0.1) is 6.20 Å². The van der Waals surface area contributed by atoms with Crippen molar-refractivity contribution in [3.63, 3.8) is 0 Å². The van der Waals surface area contributed by atoms with Gasteiger partial charge < -0.3 is 14.6 Å². The Hall–Kier alpha value is -4.33. The fraction of sp³-hybridized carbons (Fsp3) is 0.0800. The van der Waals surface area contributed by atoms with Crippen molar-refractivity contribution in [2.45, 2.75) is 6.04 Å². The quantitative estimate of drug-likeness (QED) is 0.414. The van der Waals surface area contributed by atoms with E-state index in [1.54, 1.807) is 60.5 Å². The number of aromatic nitrogens is 3. The van der Waals surface area contributed by atoms with Gasteiger partial charge in [-0.1, -0.05) is 18.2 Å². The van der Waals surface area contributed by atoms with Gasteiger partial charge in [-0.05, 0) is 53.6 Å². The van der Waals surface area contributed by atoms with Crippen molar-refractivity contribution < 1.29 is 18.3 Å². The molecule has 166 valence electrons. The van der Waals surface area contributed by atoms with Crippen molar-refractivity contribution in [1.82, 2.24) is 19.9 Å². The van der Waals surface area contributed by atoms with Crippen molar-refractivity contribution in [1.29, 1.82) is 0 Å². The Morgan fingerprint density at radius 2 is 2.00 bits per heavy atom. The van der Waals surface area contributed by atoms with Crippen molar-refractivity contribution >= 4 is 12.0 Å². The molecule has 0 aliphatic heterocycles. The molecule has 0 aliphatic rings. The summed E-state index contributed by atoms with van der Waals surface area (Å²) in [5, 5.41) is 2.83. The molecular formula is C25H20F2N4O2. The second-order valence-corrected chi connectivity index (χ2v) is 7.21. The van der Waals surface area contributed by atoms with E-state index >= 15 is 0 Å². The van der Waals surface area contributed by atoms with Crippen molar-refractivity contribution in [3.05, 3.63) is 114 Å². The summed E-state index contributed by atoms with van der Waals surface area (Å²) >= 11 is 0. The zero-order chi connectivity index (χ0) is 23.2. The van der Waals surface area contributed by atoms with Crippen LogP contribution in [-0.4, -0.2) is 20.4 Å². The highest BCUT2D eigenvalue weighted by atomic mass is 19.1. The molecule has 2 aromatic carbocycles. The number of carbonyl (C=O) groups is 1. The summed E-state index contributed by atoms with van der Waals surface area (Å²) < 4.78 is 35.4. The van der Waals surface area contributed by atoms with E-state index in [2.05, 4.69) is 15.3 Å². The third kappa shape index (κ3) is 5.48. The molecule has 1 unspecified atom stereocenters. The van der Waals surface area contributed by atoms with Gasteiger partial charge in [-0.15, -0.1) is 0 Å². The predicted octanol–water partition coefficient (Wildman–Crippen LogP) is 4.80. The molecule has 4 rings (SSSR count). The molecule has 0 radical (unpaired) electrons. The van der Waals surface area contributed by atoms with Gasteiger partial charge in [0, 0.05) is 31.7 Å². The Kier molecular flexibility index (Phi) is 6.54. The summed E-state index contributed by atoms with van der Waals surface area (Å²) in [4.78, 5) is 20.8. The minimum atomic E-state index is -0.662. The van der Waals surface area contributed by atoms with E-state index in [4.69, 9.17) is 4.74 Å². The Bertz CT molecular complexity index is 1290. The van der Waals surface area contributed by atoms with E-state index in [0.29, 0.717) is 22.7 Å². The average Bonchev–Trinajstić information content (AvgIpc) is 3.24. The van der Waals surface area contributed by atoms with Crippen LogP contribution >= 0.6 is 0 Å².